The Hall–Kier alpha value is -1.40. The molecule has 0 aliphatic carbocycles. The summed E-state index contributed by atoms with van der Waals surface area (Å²) in [6, 6.07) is 0.296. The minimum atomic E-state index is -0.601. The highest BCUT2D eigenvalue weighted by Gasteiger charge is 2.28. The molecule has 2 atom stereocenters. The Bertz CT molecular complexity index is 318. The summed E-state index contributed by atoms with van der Waals surface area (Å²) in [4.78, 5) is 23.8. The van der Waals surface area contributed by atoms with Crippen LogP contribution in [-0.2, 0) is 19.1 Å². The average Bonchev–Trinajstić information content (AvgIpc) is 2.67. The predicted molar refractivity (Wildman–Crippen MR) is 63.5 cm³/mol. The van der Waals surface area contributed by atoms with Crippen molar-refractivity contribution in [3.63, 3.8) is 0 Å². The van der Waals surface area contributed by atoms with Gasteiger partial charge in [-0.2, -0.15) is 0 Å². The number of methoxy groups -OCH3 is 1. The Balaban J connectivity index is 2.23. The van der Waals surface area contributed by atoms with Gasteiger partial charge in [0.25, 0.3) is 0 Å². The van der Waals surface area contributed by atoms with E-state index in [4.69, 9.17) is 4.74 Å². The second-order valence-electron chi connectivity index (χ2n) is 4.17. The van der Waals surface area contributed by atoms with E-state index in [0.29, 0.717) is 12.6 Å². The smallest absolute Gasteiger partial charge is 0.331 e. The number of rotatable bonds is 5. The van der Waals surface area contributed by atoms with Crippen LogP contribution in [0.2, 0.25) is 0 Å². The van der Waals surface area contributed by atoms with Crippen LogP contribution in [0.15, 0.2) is 12.2 Å². The summed E-state index contributed by atoms with van der Waals surface area (Å²) in [6.45, 7) is 2.70. The first-order valence-corrected chi connectivity index (χ1v) is 5.91. The van der Waals surface area contributed by atoms with E-state index in [1.807, 2.05) is 11.8 Å². The van der Waals surface area contributed by atoms with Gasteiger partial charge in [-0.3, -0.25) is 4.90 Å². The molecular weight excluding hydrogens is 238 g/mol. The maximum atomic E-state index is 11.2. The van der Waals surface area contributed by atoms with E-state index in [-0.39, 0.29) is 6.61 Å². The summed E-state index contributed by atoms with van der Waals surface area (Å²) in [5.74, 6) is -1.20. The van der Waals surface area contributed by atoms with Crippen LogP contribution in [-0.4, -0.2) is 54.5 Å². The third-order valence-corrected chi connectivity index (χ3v) is 2.94. The second kappa shape index (κ2) is 7.13. The third-order valence-electron chi connectivity index (χ3n) is 2.94. The molecular formula is C12H19NO5. The van der Waals surface area contributed by atoms with Crippen LogP contribution in [0.5, 0.6) is 0 Å². The highest BCUT2D eigenvalue weighted by Crippen LogP contribution is 2.21. The summed E-state index contributed by atoms with van der Waals surface area (Å²) >= 11 is 0. The molecule has 102 valence electrons. The van der Waals surface area contributed by atoms with Gasteiger partial charge in [-0.05, 0) is 19.8 Å². The van der Waals surface area contributed by atoms with Crippen molar-refractivity contribution in [1.82, 2.24) is 4.90 Å². The number of aliphatic hydroxyl groups is 1. The van der Waals surface area contributed by atoms with E-state index in [1.165, 1.54) is 7.11 Å². The van der Waals surface area contributed by atoms with Crippen molar-refractivity contribution < 1.29 is 24.2 Å². The van der Waals surface area contributed by atoms with Crippen LogP contribution in [0.25, 0.3) is 0 Å². The third kappa shape index (κ3) is 4.46. The number of esters is 2. The number of ether oxygens (including phenoxy) is 2. The van der Waals surface area contributed by atoms with Crippen LogP contribution in [0.1, 0.15) is 19.8 Å². The summed E-state index contributed by atoms with van der Waals surface area (Å²) in [5.41, 5.74) is 0. The number of nitrogens with zero attached hydrogens (tertiary/aromatic N) is 1. The van der Waals surface area contributed by atoms with Gasteiger partial charge in [0.1, 0.15) is 12.8 Å². The number of likely N-dealkylation sites (tertiary alicyclic amines) is 1. The molecule has 0 amide bonds. The molecule has 1 aliphatic rings. The molecule has 0 aromatic rings. The number of hydrogen-bond acceptors (Lipinski definition) is 6. The molecule has 1 saturated heterocycles. The largest absolute Gasteiger partial charge is 0.466 e. The van der Waals surface area contributed by atoms with Crippen LogP contribution in [0.3, 0.4) is 0 Å². The van der Waals surface area contributed by atoms with E-state index in [1.54, 1.807) is 0 Å². The van der Waals surface area contributed by atoms with Gasteiger partial charge in [-0.15, -0.1) is 0 Å². The number of hydrogen-bond donors (Lipinski definition) is 1. The van der Waals surface area contributed by atoms with E-state index < -0.39 is 18.2 Å². The van der Waals surface area contributed by atoms with Crippen LogP contribution >= 0.6 is 0 Å². The molecule has 6 heteroatoms. The molecule has 0 saturated carbocycles. The molecule has 0 aromatic heterocycles. The summed E-state index contributed by atoms with van der Waals surface area (Å²) in [7, 11) is 1.23. The quantitative estimate of drug-likeness (QED) is 0.554. The molecule has 18 heavy (non-hydrogen) atoms. The maximum absolute atomic E-state index is 11.2. The van der Waals surface area contributed by atoms with Crippen LogP contribution in [0.4, 0.5) is 0 Å². The van der Waals surface area contributed by atoms with Crippen molar-refractivity contribution in [2.45, 2.75) is 32.0 Å². The van der Waals surface area contributed by atoms with E-state index >= 15 is 0 Å². The lowest BCUT2D eigenvalue weighted by molar-refractivity contribution is -0.140. The van der Waals surface area contributed by atoms with Crippen molar-refractivity contribution in [2.75, 3.05) is 20.3 Å². The number of aliphatic hydroxyl groups excluding tert-OH is 1. The minimum absolute atomic E-state index is 0.186. The molecule has 0 radical (unpaired) electrons. The lowest BCUT2D eigenvalue weighted by Gasteiger charge is -2.24. The Morgan fingerprint density at radius 1 is 1.33 bits per heavy atom. The highest BCUT2D eigenvalue weighted by atomic mass is 16.5. The topological polar surface area (TPSA) is 76.1 Å². The lowest BCUT2D eigenvalue weighted by Crippen LogP contribution is -2.37. The van der Waals surface area contributed by atoms with E-state index in [2.05, 4.69) is 4.74 Å². The van der Waals surface area contributed by atoms with Crippen LogP contribution < -0.4 is 0 Å². The van der Waals surface area contributed by atoms with E-state index in [9.17, 15) is 14.7 Å². The molecule has 1 heterocycles. The van der Waals surface area contributed by atoms with Gasteiger partial charge in [0, 0.05) is 24.7 Å². The Labute approximate surface area is 106 Å². The molecule has 1 rings (SSSR count). The van der Waals surface area contributed by atoms with Crippen LogP contribution in [0, 0.1) is 0 Å². The average molecular weight is 257 g/mol. The number of carbonyl (C=O) groups is 2. The van der Waals surface area contributed by atoms with Gasteiger partial charge >= 0.3 is 11.9 Å². The molecule has 6 nitrogen and oxygen atoms in total. The van der Waals surface area contributed by atoms with Crippen molar-refractivity contribution in [2.24, 2.45) is 0 Å². The normalized spacial score (nSPS) is 24.4. The summed E-state index contributed by atoms with van der Waals surface area (Å²) < 4.78 is 9.25. The maximum Gasteiger partial charge on any atom is 0.331 e. The molecule has 1 N–H and O–H groups in total. The monoisotopic (exact) mass is 257 g/mol. The van der Waals surface area contributed by atoms with Gasteiger partial charge in [0.05, 0.1) is 7.11 Å². The fourth-order valence-electron chi connectivity index (χ4n) is 1.89. The predicted octanol–water partition coefficient (Wildman–Crippen LogP) is 0.0615. The van der Waals surface area contributed by atoms with Crippen molar-refractivity contribution in [3.8, 4) is 0 Å². The molecule has 1 aliphatic heterocycles. The minimum Gasteiger partial charge on any atom is -0.466 e. The highest BCUT2D eigenvalue weighted by molar-refractivity contribution is 5.91. The van der Waals surface area contributed by atoms with Gasteiger partial charge in [0.15, 0.2) is 0 Å². The molecule has 0 bridgehead atoms. The summed E-state index contributed by atoms with van der Waals surface area (Å²) in [6.07, 6.45) is 3.27. The zero-order chi connectivity index (χ0) is 13.5. The molecule has 0 spiro atoms. The zero-order valence-electron chi connectivity index (χ0n) is 10.7. The first-order valence-electron chi connectivity index (χ1n) is 5.91. The molecule has 2 unspecified atom stereocenters. The number of carbonyl (C=O) groups excluding carboxylic acids is 2. The molecule has 1 fully saturated rings. The van der Waals surface area contributed by atoms with Gasteiger partial charge < -0.3 is 14.6 Å². The van der Waals surface area contributed by atoms with Crippen molar-refractivity contribution >= 4 is 11.9 Å². The zero-order valence-corrected chi connectivity index (χ0v) is 10.7. The fraction of sp³-hybridized carbons (Fsp3) is 0.667. The van der Waals surface area contributed by atoms with Gasteiger partial charge in [0.2, 0.25) is 0 Å². The SMILES string of the molecule is COC(=O)/C=C/C(=O)OCCN1C(C)CCC1O. The summed E-state index contributed by atoms with van der Waals surface area (Å²) in [5, 5.41) is 9.64. The second-order valence-corrected chi connectivity index (χ2v) is 4.17. The lowest BCUT2D eigenvalue weighted by atomic mass is 10.2. The Kier molecular flexibility index (Phi) is 5.80. The first-order chi connectivity index (χ1) is 8.54. The van der Waals surface area contributed by atoms with Gasteiger partial charge in [-0.1, -0.05) is 0 Å². The first kappa shape index (κ1) is 14.7. The van der Waals surface area contributed by atoms with E-state index in [0.717, 1.165) is 25.0 Å². The Morgan fingerprint density at radius 2 is 2.00 bits per heavy atom. The Morgan fingerprint density at radius 3 is 2.56 bits per heavy atom. The van der Waals surface area contributed by atoms with Crippen molar-refractivity contribution in [1.29, 1.82) is 0 Å². The van der Waals surface area contributed by atoms with Crippen molar-refractivity contribution in [3.05, 3.63) is 12.2 Å². The van der Waals surface area contributed by atoms with Gasteiger partial charge in [-0.25, -0.2) is 9.59 Å². The molecule has 0 aromatic carbocycles. The standard InChI is InChI=1S/C12H19NO5/c1-9-3-4-10(14)13(9)7-8-18-12(16)6-5-11(15)17-2/h5-6,9-10,14H,3-4,7-8H2,1-2H3/b6-5+. The fourth-order valence-corrected chi connectivity index (χ4v) is 1.89.